The Balaban J connectivity index is 2.66. The molecule has 5 nitrogen and oxygen atoms in total. The third-order valence-corrected chi connectivity index (χ3v) is 4.16. The van der Waals surface area contributed by atoms with Crippen molar-refractivity contribution in [3.8, 4) is 0 Å². The molecule has 6 heteroatoms. The van der Waals surface area contributed by atoms with Crippen LogP contribution in [0.5, 0.6) is 0 Å². The number of likely N-dealkylation sites (N-methyl/N-ethyl adjacent to an activating group) is 1. The minimum Gasteiger partial charge on any atom is -0.335 e. The van der Waals surface area contributed by atoms with E-state index in [0.717, 1.165) is 17.0 Å². The molecule has 2 amide bonds. The van der Waals surface area contributed by atoms with E-state index >= 15 is 0 Å². The second-order valence-electron chi connectivity index (χ2n) is 5.58. The van der Waals surface area contributed by atoms with Gasteiger partial charge in [-0.05, 0) is 31.7 Å². The minimum atomic E-state index is -0.930. The summed E-state index contributed by atoms with van der Waals surface area (Å²) >= 11 is 1.56. The maximum Gasteiger partial charge on any atom is 0.244 e. The lowest BCUT2D eigenvalue weighted by Crippen LogP contribution is -2.53. The van der Waals surface area contributed by atoms with Crippen LogP contribution in [0.15, 0.2) is 29.2 Å². The Bertz CT molecular complexity index is 532. The lowest BCUT2D eigenvalue weighted by atomic mass is 9.96. The topological polar surface area (TPSA) is 75.4 Å². The molecule has 0 heterocycles. The molecule has 0 saturated heterocycles. The van der Waals surface area contributed by atoms with Gasteiger partial charge >= 0.3 is 0 Å². The van der Waals surface area contributed by atoms with E-state index in [-0.39, 0.29) is 18.4 Å². The first-order valence-corrected chi connectivity index (χ1v) is 8.51. The fraction of sp³-hybridized carbons (Fsp3) is 0.500. The molecule has 1 atom stereocenters. The van der Waals surface area contributed by atoms with Gasteiger partial charge in [0.15, 0.2) is 0 Å². The number of nitrogens with two attached hydrogens (primary N) is 1. The molecule has 0 aliphatic carbocycles. The molecular weight excluding hydrogens is 298 g/mol. The van der Waals surface area contributed by atoms with Gasteiger partial charge < -0.3 is 16.0 Å². The van der Waals surface area contributed by atoms with E-state index < -0.39 is 5.54 Å². The molecule has 22 heavy (non-hydrogen) atoms. The Labute approximate surface area is 136 Å². The first kappa shape index (κ1) is 18.5. The zero-order valence-electron chi connectivity index (χ0n) is 13.7. The highest BCUT2D eigenvalue weighted by Gasteiger charge is 2.30. The summed E-state index contributed by atoms with van der Waals surface area (Å²) in [5.74, 6) is -0.452. The standard InChI is InChI=1S/C16H25N3O2S/c1-5-10-16(2,17)15(21)19(3)11-14(20)18-12-8-6-7-9-13(12)22-4/h6-9H,5,10-11,17H2,1-4H3,(H,18,20). The van der Waals surface area contributed by atoms with Crippen LogP contribution in [0.25, 0.3) is 0 Å². The van der Waals surface area contributed by atoms with Crippen LogP contribution in [0.3, 0.4) is 0 Å². The summed E-state index contributed by atoms with van der Waals surface area (Å²) in [6.45, 7) is 3.67. The second-order valence-corrected chi connectivity index (χ2v) is 6.43. The lowest BCUT2D eigenvalue weighted by Gasteiger charge is -2.28. The summed E-state index contributed by atoms with van der Waals surface area (Å²) in [5.41, 5.74) is 5.84. The number of anilines is 1. The van der Waals surface area contributed by atoms with E-state index in [0.29, 0.717) is 6.42 Å². The van der Waals surface area contributed by atoms with Gasteiger partial charge in [-0.2, -0.15) is 0 Å². The Kier molecular flexibility index (Phi) is 6.90. The minimum absolute atomic E-state index is 0.0158. The van der Waals surface area contributed by atoms with Crippen LogP contribution < -0.4 is 11.1 Å². The van der Waals surface area contributed by atoms with Crippen LogP contribution in [0.4, 0.5) is 5.69 Å². The average molecular weight is 323 g/mol. The van der Waals surface area contributed by atoms with Crippen molar-refractivity contribution < 1.29 is 9.59 Å². The van der Waals surface area contributed by atoms with Crippen LogP contribution in [0.2, 0.25) is 0 Å². The van der Waals surface area contributed by atoms with E-state index in [1.165, 1.54) is 4.90 Å². The van der Waals surface area contributed by atoms with E-state index in [1.807, 2.05) is 37.4 Å². The lowest BCUT2D eigenvalue weighted by molar-refractivity contribution is -0.137. The van der Waals surface area contributed by atoms with Crippen molar-refractivity contribution >= 4 is 29.3 Å². The van der Waals surface area contributed by atoms with Gasteiger partial charge in [-0.1, -0.05) is 25.5 Å². The summed E-state index contributed by atoms with van der Waals surface area (Å²) in [6.07, 6.45) is 3.36. The molecule has 0 aromatic heterocycles. The van der Waals surface area contributed by atoms with Crippen LogP contribution >= 0.6 is 11.8 Å². The largest absolute Gasteiger partial charge is 0.335 e. The van der Waals surface area contributed by atoms with Gasteiger partial charge in [0.2, 0.25) is 11.8 Å². The molecule has 0 fully saturated rings. The summed E-state index contributed by atoms with van der Waals surface area (Å²) in [4.78, 5) is 26.8. The third-order valence-electron chi connectivity index (χ3n) is 3.37. The Hall–Kier alpha value is -1.53. The SMILES string of the molecule is CCCC(C)(N)C(=O)N(C)CC(=O)Nc1ccccc1SC. The van der Waals surface area contributed by atoms with Crippen LogP contribution in [-0.4, -0.2) is 42.1 Å². The highest BCUT2D eigenvalue weighted by atomic mass is 32.2. The van der Waals surface area contributed by atoms with Gasteiger partial charge in [-0.3, -0.25) is 9.59 Å². The molecule has 1 aromatic rings. The second kappa shape index (κ2) is 8.19. The smallest absolute Gasteiger partial charge is 0.244 e. The zero-order chi connectivity index (χ0) is 16.8. The molecular formula is C16H25N3O2S. The number of thioether (sulfide) groups is 1. The molecule has 1 unspecified atom stereocenters. The quantitative estimate of drug-likeness (QED) is 0.755. The van der Waals surface area contributed by atoms with E-state index in [4.69, 9.17) is 5.73 Å². The number of rotatable bonds is 7. The number of para-hydroxylation sites is 1. The highest BCUT2D eigenvalue weighted by Crippen LogP contribution is 2.24. The first-order valence-electron chi connectivity index (χ1n) is 7.29. The monoisotopic (exact) mass is 323 g/mol. The van der Waals surface area contributed by atoms with Crippen molar-refractivity contribution in [2.75, 3.05) is 25.2 Å². The molecule has 122 valence electrons. The number of carbonyl (C=O) groups excluding carboxylic acids is 2. The Morgan fingerprint density at radius 1 is 1.36 bits per heavy atom. The van der Waals surface area contributed by atoms with Crippen molar-refractivity contribution in [2.24, 2.45) is 5.73 Å². The number of benzene rings is 1. The maximum atomic E-state index is 12.3. The van der Waals surface area contributed by atoms with Gasteiger partial charge in [0, 0.05) is 11.9 Å². The van der Waals surface area contributed by atoms with Gasteiger partial charge in [0.25, 0.3) is 0 Å². The Morgan fingerprint density at radius 3 is 2.59 bits per heavy atom. The van der Waals surface area contributed by atoms with E-state index in [2.05, 4.69) is 5.32 Å². The van der Waals surface area contributed by atoms with Crippen molar-refractivity contribution in [1.82, 2.24) is 4.90 Å². The molecule has 0 aliphatic heterocycles. The number of nitrogens with zero attached hydrogens (tertiary/aromatic N) is 1. The van der Waals surface area contributed by atoms with Crippen LogP contribution in [0.1, 0.15) is 26.7 Å². The molecule has 0 bridgehead atoms. The summed E-state index contributed by atoms with van der Waals surface area (Å²) in [5, 5.41) is 2.84. The van der Waals surface area contributed by atoms with Gasteiger partial charge in [-0.25, -0.2) is 0 Å². The van der Waals surface area contributed by atoms with Crippen molar-refractivity contribution in [3.63, 3.8) is 0 Å². The summed E-state index contributed by atoms with van der Waals surface area (Å²) in [7, 11) is 1.60. The van der Waals surface area contributed by atoms with E-state index in [9.17, 15) is 9.59 Å². The molecule has 3 N–H and O–H groups in total. The predicted molar refractivity (Wildman–Crippen MR) is 92.0 cm³/mol. The molecule has 1 aromatic carbocycles. The fourth-order valence-corrected chi connectivity index (χ4v) is 2.84. The summed E-state index contributed by atoms with van der Waals surface area (Å²) in [6, 6.07) is 7.56. The molecule has 1 rings (SSSR count). The number of nitrogens with one attached hydrogen (secondary N) is 1. The normalized spacial score (nSPS) is 13.3. The van der Waals surface area contributed by atoms with Crippen molar-refractivity contribution in [1.29, 1.82) is 0 Å². The zero-order valence-corrected chi connectivity index (χ0v) is 14.5. The predicted octanol–water partition coefficient (Wildman–Crippen LogP) is 2.32. The molecule has 0 radical (unpaired) electrons. The number of hydrogen-bond donors (Lipinski definition) is 2. The molecule has 0 aliphatic rings. The van der Waals surface area contributed by atoms with E-state index in [1.54, 1.807) is 25.7 Å². The van der Waals surface area contributed by atoms with Crippen LogP contribution in [0, 0.1) is 0 Å². The fourth-order valence-electron chi connectivity index (χ4n) is 2.29. The molecule has 0 spiro atoms. The van der Waals surface area contributed by atoms with Crippen LogP contribution in [-0.2, 0) is 9.59 Å². The molecule has 0 saturated carbocycles. The summed E-state index contributed by atoms with van der Waals surface area (Å²) < 4.78 is 0. The third kappa shape index (κ3) is 5.03. The number of amides is 2. The van der Waals surface area contributed by atoms with Gasteiger partial charge in [0.05, 0.1) is 17.8 Å². The number of carbonyl (C=O) groups is 2. The van der Waals surface area contributed by atoms with Crippen molar-refractivity contribution in [3.05, 3.63) is 24.3 Å². The highest BCUT2D eigenvalue weighted by molar-refractivity contribution is 7.98. The van der Waals surface area contributed by atoms with Gasteiger partial charge in [-0.15, -0.1) is 11.8 Å². The van der Waals surface area contributed by atoms with Crippen molar-refractivity contribution in [2.45, 2.75) is 37.1 Å². The Morgan fingerprint density at radius 2 is 2.00 bits per heavy atom. The maximum absolute atomic E-state index is 12.3. The van der Waals surface area contributed by atoms with Gasteiger partial charge in [0.1, 0.15) is 0 Å². The average Bonchev–Trinajstić information content (AvgIpc) is 2.46. The number of hydrogen-bond acceptors (Lipinski definition) is 4. The first-order chi connectivity index (χ1) is 10.3.